The van der Waals surface area contributed by atoms with Gasteiger partial charge in [0.2, 0.25) is 0 Å². The lowest BCUT2D eigenvalue weighted by molar-refractivity contribution is 0.459. The second-order valence-electron chi connectivity index (χ2n) is 3.56. The highest BCUT2D eigenvalue weighted by Crippen LogP contribution is 2.27. The first-order valence-electron chi connectivity index (χ1n) is 4.79. The van der Waals surface area contributed by atoms with E-state index < -0.39 is 29.0 Å². The summed E-state index contributed by atoms with van der Waals surface area (Å²) in [6.07, 6.45) is 0. The van der Waals surface area contributed by atoms with E-state index >= 15 is 0 Å². The molecule has 92 valence electrons. The third kappa shape index (κ3) is 2.38. The monoisotopic (exact) mass is 264 g/mol. The number of hydrogen-bond donors (Lipinski definition) is 1. The number of anilines is 1. The van der Waals surface area contributed by atoms with E-state index in [2.05, 4.69) is 10.3 Å². The molecule has 0 saturated carbocycles. The first kappa shape index (κ1) is 12.2. The fourth-order valence-electron chi connectivity index (χ4n) is 1.33. The largest absolute Gasteiger partial charge is 0.330 e. The van der Waals surface area contributed by atoms with E-state index in [1.165, 1.54) is 11.8 Å². The molecule has 1 atom stereocenters. The summed E-state index contributed by atoms with van der Waals surface area (Å²) in [6.45, 7) is 1.82. The Morgan fingerprint density at radius 1 is 1.24 bits per heavy atom. The molecule has 1 unspecified atom stereocenters. The minimum Gasteiger partial charge on any atom is -0.330 e. The predicted octanol–water partition coefficient (Wildman–Crippen LogP) is 3.15. The number of hydrogen-bond acceptors (Lipinski definition) is 3. The van der Waals surface area contributed by atoms with Gasteiger partial charge in [-0.25, -0.2) is 17.6 Å². The van der Waals surface area contributed by atoms with Gasteiger partial charge < -0.3 is 5.32 Å². The summed E-state index contributed by atoms with van der Waals surface area (Å²) in [6, 6.07) is 0.175. The molecule has 1 N–H and O–H groups in total. The third-order valence-corrected chi connectivity index (χ3v) is 3.27. The maximum absolute atomic E-state index is 13.3. The number of thioether (sulfide) groups is 1. The molecule has 0 amide bonds. The van der Waals surface area contributed by atoms with Crippen molar-refractivity contribution in [1.82, 2.24) is 0 Å². The van der Waals surface area contributed by atoms with Gasteiger partial charge in [0.1, 0.15) is 5.69 Å². The summed E-state index contributed by atoms with van der Waals surface area (Å²) in [5.41, 5.74) is -0.845. The fourth-order valence-corrected chi connectivity index (χ4v) is 2.23. The molecule has 0 fully saturated rings. The molecule has 2 rings (SSSR count). The summed E-state index contributed by atoms with van der Waals surface area (Å²) in [4.78, 5) is 4.02. The summed E-state index contributed by atoms with van der Waals surface area (Å²) < 4.78 is 52.4. The Bertz CT molecular complexity index is 463. The van der Waals surface area contributed by atoms with Crippen molar-refractivity contribution >= 4 is 22.6 Å². The molecule has 7 heteroatoms. The molecular formula is C10H8F4N2S. The Kier molecular flexibility index (Phi) is 3.28. The lowest BCUT2D eigenvalue weighted by Crippen LogP contribution is -2.11. The molecule has 0 spiro atoms. The minimum absolute atomic E-state index is 0.00651. The van der Waals surface area contributed by atoms with Gasteiger partial charge in [-0.1, -0.05) is 11.8 Å². The van der Waals surface area contributed by atoms with E-state index in [0.717, 1.165) is 0 Å². The van der Waals surface area contributed by atoms with Crippen LogP contribution in [0, 0.1) is 23.3 Å². The van der Waals surface area contributed by atoms with Crippen LogP contribution in [0.3, 0.4) is 0 Å². The summed E-state index contributed by atoms with van der Waals surface area (Å²) in [5, 5.41) is 2.52. The molecule has 1 aromatic carbocycles. The van der Waals surface area contributed by atoms with E-state index in [4.69, 9.17) is 0 Å². The van der Waals surface area contributed by atoms with Crippen molar-refractivity contribution in [1.29, 1.82) is 0 Å². The molecule has 0 bridgehead atoms. The van der Waals surface area contributed by atoms with Gasteiger partial charge in [0.15, 0.2) is 28.4 Å². The maximum Gasteiger partial charge on any atom is 0.185 e. The molecule has 0 aliphatic carbocycles. The maximum atomic E-state index is 13.3. The second kappa shape index (κ2) is 4.56. The first-order chi connectivity index (χ1) is 7.99. The Balaban J connectivity index is 2.35. The Labute approximate surface area is 99.1 Å². The molecule has 1 aromatic rings. The topological polar surface area (TPSA) is 24.4 Å². The number of rotatable bonds is 1. The molecule has 0 aromatic heterocycles. The normalized spacial score (nSPS) is 19.4. The van der Waals surface area contributed by atoms with Crippen LogP contribution in [-0.4, -0.2) is 17.0 Å². The van der Waals surface area contributed by atoms with Crippen molar-refractivity contribution in [2.75, 3.05) is 11.1 Å². The quantitative estimate of drug-likeness (QED) is 0.622. The zero-order chi connectivity index (χ0) is 12.6. The summed E-state index contributed by atoms with van der Waals surface area (Å²) in [5.74, 6) is -5.13. The molecule has 1 aliphatic heterocycles. The first-order valence-corrected chi connectivity index (χ1v) is 5.78. The number of aliphatic imine (C=N–C) groups is 1. The Hall–Kier alpha value is -1.24. The third-order valence-electron chi connectivity index (χ3n) is 2.14. The average Bonchev–Trinajstić information content (AvgIpc) is 2.68. The molecule has 17 heavy (non-hydrogen) atoms. The van der Waals surface area contributed by atoms with Gasteiger partial charge >= 0.3 is 0 Å². The standard InChI is InChI=1S/C10H8F4N2S/c1-4-3-17-10(15-4)16-9-7(13)5(11)2-6(12)8(9)14/h2,4H,3H2,1H3,(H,15,16). The van der Waals surface area contributed by atoms with Crippen LogP contribution in [-0.2, 0) is 0 Å². The van der Waals surface area contributed by atoms with Gasteiger partial charge in [0, 0.05) is 11.8 Å². The van der Waals surface area contributed by atoms with Gasteiger partial charge in [0.05, 0.1) is 6.04 Å². The van der Waals surface area contributed by atoms with E-state index in [0.29, 0.717) is 5.75 Å². The molecule has 1 heterocycles. The lowest BCUT2D eigenvalue weighted by atomic mass is 10.2. The van der Waals surface area contributed by atoms with Gasteiger partial charge in [-0.05, 0) is 6.92 Å². The van der Waals surface area contributed by atoms with Crippen LogP contribution < -0.4 is 5.32 Å². The average molecular weight is 264 g/mol. The van der Waals surface area contributed by atoms with Crippen molar-refractivity contribution < 1.29 is 17.6 Å². The van der Waals surface area contributed by atoms with Crippen molar-refractivity contribution in [2.45, 2.75) is 13.0 Å². The predicted molar refractivity (Wildman–Crippen MR) is 59.3 cm³/mol. The number of benzene rings is 1. The molecular weight excluding hydrogens is 256 g/mol. The number of amidine groups is 1. The highest BCUT2D eigenvalue weighted by molar-refractivity contribution is 8.14. The van der Waals surface area contributed by atoms with Gasteiger partial charge in [-0.3, -0.25) is 4.99 Å². The van der Waals surface area contributed by atoms with Crippen LogP contribution in [0.25, 0.3) is 0 Å². The number of halogens is 4. The summed E-state index contributed by atoms with van der Waals surface area (Å²) >= 11 is 1.24. The zero-order valence-electron chi connectivity index (χ0n) is 8.73. The van der Waals surface area contributed by atoms with E-state index in [1.807, 2.05) is 6.92 Å². The molecule has 0 saturated heterocycles. The molecule has 0 radical (unpaired) electrons. The van der Waals surface area contributed by atoms with E-state index in [9.17, 15) is 17.6 Å². The van der Waals surface area contributed by atoms with Crippen LogP contribution in [0.4, 0.5) is 23.2 Å². The highest BCUT2D eigenvalue weighted by atomic mass is 32.2. The van der Waals surface area contributed by atoms with Crippen LogP contribution in [0.2, 0.25) is 0 Å². The minimum atomic E-state index is -1.45. The Morgan fingerprint density at radius 3 is 2.29 bits per heavy atom. The highest BCUT2D eigenvalue weighted by Gasteiger charge is 2.22. The smallest absolute Gasteiger partial charge is 0.185 e. The van der Waals surface area contributed by atoms with Gasteiger partial charge in [0.25, 0.3) is 0 Å². The van der Waals surface area contributed by atoms with Crippen molar-refractivity contribution in [3.05, 3.63) is 29.3 Å². The van der Waals surface area contributed by atoms with Crippen LogP contribution in [0.15, 0.2) is 11.1 Å². The van der Waals surface area contributed by atoms with Gasteiger partial charge in [-0.2, -0.15) is 0 Å². The fraction of sp³-hybridized carbons (Fsp3) is 0.300. The van der Waals surface area contributed by atoms with Crippen molar-refractivity contribution in [2.24, 2.45) is 4.99 Å². The molecule has 2 nitrogen and oxygen atoms in total. The SMILES string of the molecule is CC1CSC(Nc2c(F)c(F)cc(F)c2F)=N1. The van der Waals surface area contributed by atoms with Crippen molar-refractivity contribution in [3.8, 4) is 0 Å². The van der Waals surface area contributed by atoms with Crippen LogP contribution in [0.5, 0.6) is 0 Å². The zero-order valence-corrected chi connectivity index (χ0v) is 9.55. The van der Waals surface area contributed by atoms with E-state index in [1.54, 1.807) is 0 Å². The van der Waals surface area contributed by atoms with E-state index in [-0.39, 0.29) is 17.3 Å². The second-order valence-corrected chi connectivity index (χ2v) is 4.57. The van der Waals surface area contributed by atoms with Crippen LogP contribution >= 0.6 is 11.8 Å². The summed E-state index contributed by atoms with van der Waals surface area (Å²) in [7, 11) is 0. The van der Waals surface area contributed by atoms with Crippen molar-refractivity contribution in [3.63, 3.8) is 0 Å². The lowest BCUT2D eigenvalue weighted by Gasteiger charge is -2.08. The van der Waals surface area contributed by atoms with Crippen LogP contribution in [0.1, 0.15) is 6.92 Å². The Morgan fingerprint density at radius 2 is 1.82 bits per heavy atom. The number of nitrogens with one attached hydrogen (secondary N) is 1. The van der Waals surface area contributed by atoms with Gasteiger partial charge in [-0.15, -0.1) is 0 Å². The number of nitrogens with zero attached hydrogens (tertiary/aromatic N) is 1. The molecule has 1 aliphatic rings.